The first-order valence-electron chi connectivity index (χ1n) is 10.5. The predicted molar refractivity (Wildman–Crippen MR) is 127 cm³/mol. The lowest BCUT2D eigenvalue weighted by Gasteiger charge is -2.20. The number of aromatic nitrogens is 2. The molecule has 1 N–H and O–H groups in total. The van der Waals surface area contributed by atoms with E-state index in [0.29, 0.717) is 21.5 Å². The highest BCUT2D eigenvalue weighted by Gasteiger charge is 2.13. The number of nitrogens with one attached hydrogen (secondary N) is 1. The molecule has 7 heteroatoms. The summed E-state index contributed by atoms with van der Waals surface area (Å²) in [6.45, 7) is 2.09. The molecule has 1 aliphatic rings. The smallest absolute Gasteiger partial charge is 0.256 e. The molecule has 0 spiro atoms. The fourth-order valence-electron chi connectivity index (χ4n) is 3.68. The Balaban J connectivity index is 1.44. The Morgan fingerprint density at radius 2 is 1.71 bits per heavy atom. The number of rotatable bonds is 5. The fraction of sp³-hybridized carbons (Fsp3) is 0.292. The zero-order valence-corrected chi connectivity index (χ0v) is 19.1. The molecule has 0 saturated carbocycles. The van der Waals surface area contributed by atoms with E-state index in [0.717, 1.165) is 30.2 Å². The number of anilines is 2. The minimum atomic E-state index is -0.208. The second-order valence-corrected chi connectivity index (χ2v) is 8.41. The molecule has 1 aliphatic heterocycles. The van der Waals surface area contributed by atoms with Crippen LogP contribution in [0.3, 0.4) is 0 Å². The first-order valence-corrected chi connectivity index (χ1v) is 11.3. The van der Waals surface area contributed by atoms with Crippen molar-refractivity contribution in [3.8, 4) is 17.0 Å². The molecule has 160 valence electrons. The van der Waals surface area contributed by atoms with Crippen LogP contribution in [0.15, 0.2) is 59.1 Å². The Labute approximate surface area is 190 Å². The maximum Gasteiger partial charge on any atom is 0.256 e. The van der Waals surface area contributed by atoms with Crippen LogP contribution in [0.5, 0.6) is 5.75 Å². The molecule has 1 amide bonds. The molecule has 1 aromatic heterocycles. The van der Waals surface area contributed by atoms with Crippen molar-refractivity contribution in [2.45, 2.75) is 25.7 Å². The molecule has 0 atom stereocenters. The van der Waals surface area contributed by atoms with Gasteiger partial charge in [-0.1, -0.05) is 25.0 Å². The summed E-state index contributed by atoms with van der Waals surface area (Å²) in [4.78, 5) is 15.0. The average molecular weight is 481 g/mol. The minimum Gasteiger partial charge on any atom is -0.497 e. The van der Waals surface area contributed by atoms with Gasteiger partial charge in [0.25, 0.3) is 5.91 Å². The van der Waals surface area contributed by atoms with Gasteiger partial charge >= 0.3 is 0 Å². The molecule has 0 bridgehead atoms. The molecule has 4 rings (SSSR count). The van der Waals surface area contributed by atoms with Crippen LogP contribution in [-0.4, -0.2) is 36.3 Å². The van der Waals surface area contributed by atoms with Gasteiger partial charge in [0.2, 0.25) is 0 Å². The summed E-state index contributed by atoms with van der Waals surface area (Å²) in [6.07, 6.45) is 5.01. The van der Waals surface area contributed by atoms with Crippen LogP contribution >= 0.6 is 15.9 Å². The lowest BCUT2D eigenvalue weighted by Crippen LogP contribution is -2.25. The van der Waals surface area contributed by atoms with Crippen LogP contribution in [-0.2, 0) is 0 Å². The molecule has 1 saturated heterocycles. The summed E-state index contributed by atoms with van der Waals surface area (Å²) in [5.74, 6) is 1.37. The summed E-state index contributed by atoms with van der Waals surface area (Å²) >= 11 is 3.42. The Morgan fingerprint density at radius 3 is 2.35 bits per heavy atom. The van der Waals surface area contributed by atoms with Gasteiger partial charge in [0.05, 0.1) is 18.4 Å². The number of amides is 1. The molecular weight excluding hydrogens is 456 g/mol. The number of nitrogens with zero attached hydrogens (tertiary/aromatic N) is 3. The molecule has 3 aromatic rings. The minimum absolute atomic E-state index is 0.208. The van der Waals surface area contributed by atoms with Crippen LogP contribution in [0.25, 0.3) is 11.3 Å². The molecule has 31 heavy (non-hydrogen) atoms. The number of carbonyl (C=O) groups is 1. The number of hydrogen-bond donors (Lipinski definition) is 1. The van der Waals surface area contributed by atoms with Gasteiger partial charge in [0.15, 0.2) is 5.82 Å². The van der Waals surface area contributed by atoms with E-state index < -0.39 is 0 Å². The Morgan fingerprint density at radius 1 is 0.968 bits per heavy atom. The zero-order valence-electron chi connectivity index (χ0n) is 17.5. The van der Waals surface area contributed by atoms with Gasteiger partial charge < -0.3 is 15.0 Å². The van der Waals surface area contributed by atoms with Crippen molar-refractivity contribution in [2.24, 2.45) is 0 Å². The quantitative estimate of drug-likeness (QED) is 0.518. The second kappa shape index (κ2) is 9.92. The highest BCUT2D eigenvalue weighted by Crippen LogP contribution is 2.25. The first-order chi connectivity index (χ1) is 15.1. The summed E-state index contributed by atoms with van der Waals surface area (Å²) in [7, 11) is 1.58. The summed E-state index contributed by atoms with van der Waals surface area (Å²) in [6, 6.07) is 17.0. The zero-order chi connectivity index (χ0) is 21.6. The molecule has 6 nitrogen and oxygen atoms in total. The Kier molecular flexibility index (Phi) is 6.82. The van der Waals surface area contributed by atoms with Crippen molar-refractivity contribution in [1.29, 1.82) is 0 Å². The van der Waals surface area contributed by atoms with E-state index in [1.807, 2.05) is 36.4 Å². The topological polar surface area (TPSA) is 67.3 Å². The third-order valence-electron chi connectivity index (χ3n) is 5.44. The number of ether oxygens (including phenoxy) is 1. The van der Waals surface area contributed by atoms with E-state index >= 15 is 0 Å². The van der Waals surface area contributed by atoms with Crippen LogP contribution < -0.4 is 15.0 Å². The number of benzene rings is 2. The fourth-order valence-corrected chi connectivity index (χ4v) is 4.10. The van der Waals surface area contributed by atoms with Crippen LogP contribution in [0.2, 0.25) is 0 Å². The molecule has 2 aromatic carbocycles. The molecule has 2 heterocycles. The van der Waals surface area contributed by atoms with Crippen LogP contribution in [0.1, 0.15) is 36.0 Å². The summed E-state index contributed by atoms with van der Waals surface area (Å²) in [5.41, 5.74) is 2.98. The van der Waals surface area contributed by atoms with Crippen molar-refractivity contribution in [3.05, 3.63) is 64.6 Å². The van der Waals surface area contributed by atoms with Gasteiger partial charge in [0.1, 0.15) is 5.75 Å². The first kappa shape index (κ1) is 21.3. The third kappa shape index (κ3) is 5.22. The lowest BCUT2D eigenvalue weighted by molar-refractivity contribution is 0.102. The molecular formula is C24H25BrN4O2. The molecule has 1 fully saturated rings. The van der Waals surface area contributed by atoms with E-state index in [1.54, 1.807) is 25.3 Å². The van der Waals surface area contributed by atoms with Crippen molar-refractivity contribution in [3.63, 3.8) is 0 Å². The van der Waals surface area contributed by atoms with Crippen molar-refractivity contribution in [1.82, 2.24) is 10.2 Å². The number of hydrogen-bond acceptors (Lipinski definition) is 5. The largest absolute Gasteiger partial charge is 0.497 e. The highest BCUT2D eigenvalue weighted by molar-refractivity contribution is 9.10. The van der Waals surface area contributed by atoms with Crippen molar-refractivity contribution in [2.75, 3.05) is 30.4 Å². The SMILES string of the molecule is COc1ccc(Br)c(C(=O)Nc2ccc(-c3ccc(N4CCCCCC4)nn3)cc2)c1. The number of halogens is 1. The molecule has 0 radical (unpaired) electrons. The lowest BCUT2D eigenvalue weighted by atomic mass is 10.1. The average Bonchev–Trinajstić information content (AvgIpc) is 3.10. The van der Waals surface area contributed by atoms with Gasteiger partial charge in [-0.15, -0.1) is 10.2 Å². The van der Waals surface area contributed by atoms with Gasteiger partial charge in [-0.05, 0) is 71.2 Å². The van der Waals surface area contributed by atoms with E-state index in [2.05, 4.69) is 36.3 Å². The Bertz CT molecular complexity index is 1030. The van der Waals surface area contributed by atoms with E-state index in [9.17, 15) is 4.79 Å². The Hall–Kier alpha value is -2.93. The predicted octanol–water partition coefficient (Wildman–Crippen LogP) is 5.55. The maximum absolute atomic E-state index is 12.6. The van der Waals surface area contributed by atoms with Crippen molar-refractivity contribution < 1.29 is 9.53 Å². The van der Waals surface area contributed by atoms with E-state index in [-0.39, 0.29) is 5.91 Å². The maximum atomic E-state index is 12.6. The van der Waals surface area contributed by atoms with Gasteiger partial charge in [-0.3, -0.25) is 4.79 Å². The van der Waals surface area contributed by atoms with Crippen LogP contribution in [0.4, 0.5) is 11.5 Å². The second-order valence-electron chi connectivity index (χ2n) is 7.56. The highest BCUT2D eigenvalue weighted by atomic mass is 79.9. The van der Waals surface area contributed by atoms with Gasteiger partial charge in [0, 0.05) is 28.8 Å². The summed E-state index contributed by atoms with van der Waals surface area (Å²) < 4.78 is 5.92. The monoisotopic (exact) mass is 480 g/mol. The van der Waals surface area contributed by atoms with E-state index in [4.69, 9.17) is 4.74 Å². The normalized spacial score (nSPS) is 14.1. The van der Waals surface area contributed by atoms with Gasteiger partial charge in [-0.25, -0.2) is 0 Å². The summed E-state index contributed by atoms with van der Waals surface area (Å²) in [5, 5.41) is 11.8. The standard InChI is InChI=1S/C24H25BrN4O2/c1-31-19-10-11-21(25)20(16-19)24(30)26-18-8-6-17(7-9-18)22-12-13-23(28-27-22)29-14-4-2-3-5-15-29/h6-13,16H,2-5,14-15H2,1H3,(H,26,30). The molecule has 0 unspecified atom stereocenters. The number of carbonyl (C=O) groups excluding carboxylic acids is 1. The van der Waals surface area contributed by atoms with Crippen LogP contribution in [0, 0.1) is 0 Å². The molecule has 0 aliphatic carbocycles. The third-order valence-corrected chi connectivity index (χ3v) is 6.13. The van der Waals surface area contributed by atoms with E-state index in [1.165, 1.54) is 25.7 Å². The van der Waals surface area contributed by atoms with Crippen molar-refractivity contribution >= 4 is 33.3 Å². The number of methoxy groups -OCH3 is 1. The van der Waals surface area contributed by atoms with Gasteiger partial charge in [-0.2, -0.15) is 0 Å².